The van der Waals surface area contributed by atoms with Crippen LogP contribution in [0.4, 0.5) is 0 Å². The van der Waals surface area contributed by atoms with Crippen LogP contribution in [0, 0.1) is 94.7 Å². The highest BCUT2D eigenvalue weighted by molar-refractivity contribution is 8.01. The average molecular weight is 777 g/mol. The smallest absolute Gasteiger partial charge is 0.0564 e. The molecule has 0 amide bonds. The summed E-state index contributed by atoms with van der Waals surface area (Å²) in [6, 6.07) is 0. The van der Waals surface area contributed by atoms with E-state index in [1.165, 1.54) is 12.8 Å². The number of fused-ring (bicyclic) bond motifs is 8. The van der Waals surface area contributed by atoms with E-state index in [2.05, 4.69) is 64.3 Å². The van der Waals surface area contributed by atoms with Crippen LogP contribution in [0.5, 0.6) is 0 Å². The normalized spacial score (nSPS) is 56.5. The maximum atomic E-state index is 3.05. The predicted octanol–water partition coefficient (Wildman–Crippen LogP) is 15.0. The van der Waals surface area contributed by atoms with Gasteiger partial charge in [0.15, 0.2) is 0 Å². The summed E-state index contributed by atoms with van der Waals surface area (Å²) in [5, 5.41) is 3.86. The highest BCUT2D eigenvalue weighted by atomic mass is 32.2. The molecule has 0 aromatic heterocycles. The van der Waals surface area contributed by atoms with Crippen LogP contribution in [0.1, 0.15) is 169 Å². The lowest BCUT2D eigenvalue weighted by molar-refractivity contribution is -0.0437. The van der Waals surface area contributed by atoms with E-state index in [0.717, 1.165) is 127 Å². The minimum atomic E-state index is -1.56. The Morgan fingerprint density at radius 1 is 0.415 bits per heavy atom. The Balaban J connectivity index is 0.922. The molecule has 0 bridgehead atoms. The lowest BCUT2D eigenvalue weighted by Gasteiger charge is -2.54. The maximum Gasteiger partial charge on any atom is 0.0564 e. The third-order valence-electron chi connectivity index (χ3n) is 21.3. The van der Waals surface area contributed by atoms with Gasteiger partial charge in [-0.15, -0.1) is 0 Å². The predicted molar refractivity (Wildman–Crippen MR) is 235 cm³/mol. The van der Waals surface area contributed by atoms with E-state index in [-0.39, 0.29) is 0 Å². The molecule has 2 heterocycles. The van der Waals surface area contributed by atoms with Crippen LogP contribution in [0.3, 0.4) is 0 Å². The average Bonchev–Trinajstić information content (AvgIpc) is 3.90. The second-order valence-corrected chi connectivity index (χ2v) is 31.3. The van der Waals surface area contributed by atoms with E-state index in [9.17, 15) is 0 Å². The molecular weight excluding hydrogens is 693 g/mol. The molecule has 300 valence electrons. The van der Waals surface area contributed by atoms with Crippen molar-refractivity contribution >= 4 is 31.6 Å². The first-order valence-electron chi connectivity index (χ1n) is 25.1. The number of hydrogen-bond acceptors (Lipinski definition) is 2. The third-order valence-corrected chi connectivity index (χ3v) is 30.3. The van der Waals surface area contributed by atoms with Crippen molar-refractivity contribution in [2.24, 2.45) is 94.7 Å². The van der Waals surface area contributed by atoms with Crippen LogP contribution in [0.2, 0.25) is 24.2 Å². The monoisotopic (exact) mass is 777 g/mol. The van der Waals surface area contributed by atoms with Crippen molar-refractivity contribution in [3.8, 4) is 0 Å². The van der Waals surface area contributed by atoms with Gasteiger partial charge in [0.05, 0.1) is 8.07 Å². The van der Waals surface area contributed by atoms with Gasteiger partial charge in [-0.05, 0) is 170 Å². The minimum absolute atomic E-state index is 0.921. The summed E-state index contributed by atoms with van der Waals surface area (Å²) in [7, 11) is -1.56. The quantitative estimate of drug-likeness (QED) is 0.246. The molecule has 0 nitrogen and oxygen atoms in total. The molecule has 22 atom stereocenters. The van der Waals surface area contributed by atoms with E-state index in [0.29, 0.717) is 0 Å². The standard InChI is InChI=1S/C50H84S2Si/c1-7-31-25-43-45(41-27-33-17-9-11-19-35(33)37-21-13-15-23-39(37)41)29(3)51-47(43)49(31)53(5,6)50-32(8-2)26-44-46(30(4)52-48(44)50)42-28-34-18-10-12-20-36(34)38-22-14-16-24-40(38)42/h29-50H,7-28H2,1-6H3. The molecule has 8 aliphatic carbocycles. The summed E-state index contributed by atoms with van der Waals surface area (Å²) < 4.78 is 0. The Labute approximate surface area is 338 Å². The molecule has 10 rings (SSSR count). The SMILES string of the molecule is CCC1CC2C(SC(C)C2C2CC3CCCCC3C3CCCCC32)C1[Si](C)(C)C1C(CC)CC2C1SC(C)C2C1CC2CCCCC2C2CCCCC21. The van der Waals surface area contributed by atoms with Gasteiger partial charge in [-0.2, -0.15) is 23.5 Å². The van der Waals surface area contributed by atoms with Crippen LogP contribution < -0.4 is 0 Å². The van der Waals surface area contributed by atoms with Crippen molar-refractivity contribution in [3.63, 3.8) is 0 Å². The Morgan fingerprint density at radius 3 is 1.13 bits per heavy atom. The van der Waals surface area contributed by atoms with Crippen LogP contribution >= 0.6 is 23.5 Å². The van der Waals surface area contributed by atoms with Gasteiger partial charge in [0.25, 0.3) is 0 Å². The van der Waals surface area contributed by atoms with Crippen LogP contribution in [0.25, 0.3) is 0 Å². The molecule has 0 N–H and O–H groups in total. The molecule has 10 fully saturated rings. The van der Waals surface area contributed by atoms with Gasteiger partial charge in [-0.25, -0.2) is 0 Å². The summed E-state index contributed by atoms with van der Waals surface area (Å²) in [6.07, 6.45) is 34.8. The Bertz CT molecular complexity index is 1190. The van der Waals surface area contributed by atoms with Crippen molar-refractivity contribution in [1.29, 1.82) is 0 Å². The summed E-state index contributed by atoms with van der Waals surface area (Å²) >= 11 is 5.26. The van der Waals surface area contributed by atoms with Crippen LogP contribution in [0.15, 0.2) is 0 Å². The zero-order valence-corrected chi connectivity index (χ0v) is 38.2. The molecule has 10 aliphatic rings. The van der Waals surface area contributed by atoms with Crippen molar-refractivity contribution in [3.05, 3.63) is 0 Å². The van der Waals surface area contributed by atoms with E-state index in [4.69, 9.17) is 0 Å². The second-order valence-electron chi connectivity index (χ2n) is 23.2. The van der Waals surface area contributed by atoms with Gasteiger partial charge in [-0.3, -0.25) is 0 Å². The summed E-state index contributed by atoms with van der Waals surface area (Å²) in [6.45, 7) is 17.0. The fourth-order valence-corrected chi connectivity index (χ4v) is 32.2. The first-order chi connectivity index (χ1) is 25.8. The van der Waals surface area contributed by atoms with Crippen molar-refractivity contribution < 1.29 is 0 Å². The molecule has 0 aromatic carbocycles. The van der Waals surface area contributed by atoms with E-state index in [1.807, 2.05) is 0 Å². The first kappa shape index (κ1) is 38.1. The summed E-state index contributed by atoms with van der Waals surface area (Å²) in [5.74, 6) is 17.3. The van der Waals surface area contributed by atoms with Crippen molar-refractivity contribution in [1.82, 2.24) is 0 Å². The topological polar surface area (TPSA) is 0 Å². The van der Waals surface area contributed by atoms with Crippen LogP contribution in [-0.4, -0.2) is 29.1 Å². The molecule has 8 saturated carbocycles. The molecule has 53 heavy (non-hydrogen) atoms. The highest BCUT2D eigenvalue weighted by Gasteiger charge is 2.66. The van der Waals surface area contributed by atoms with Gasteiger partial charge in [0, 0.05) is 21.0 Å². The molecule has 22 unspecified atom stereocenters. The highest BCUT2D eigenvalue weighted by Crippen LogP contribution is 2.72. The van der Waals surface area contributed by atoms with Crippen LogP contribution in [-0.2, 0) is 0 Å². The van der Waals surface area contributed by atoms with Gasteiger partial charge in [0.2, 0.25) is 0 Å². The van der Waals surface area contributed by atoms with Gasteiger partial charge in [-0.1, -0.05) is 118 Å². The zero-order chi connectivity index (χ0) is 36.2. The minimum Gasteiger partial charge on any atom is -0.155 e. The Morgan fingerprint density at radius 2 is 0.755 bits per heavy atom. The van der Waals surface area contributed by atoms with E-state index >= 15 is 0 Å². The lowest BCUT2D eigenvalue weighted by atomic mass is 9.51. The number of thioether (sulfide) groups is 2. The van der Waals surface area contributed by atoms with Gasteiger partial charge < -0.3 is 0 Å². The van der Waals surface area contributed by atoms with Crippen molar-refractivity contribution in [2.45, 2.75) is 214 Å². The molecular formula is C50H84S2Si. The van der Waals surface area contributed by atoms with Gasteiger partial charge in [0.1, 0.15) is 0 Å². The lowest BCUT2D eigenvalue weighted by Crippen LogP contribution is -2.48. The number of hydrogen-bond donors (Lipinski definition) is 0. The van der Waals surface area contributed by atoms with Gasteiger partial charge >= 0.3 is 0 Å². The summed E-state index contributed by atoms with van der Waals surface area (Å²) in [4.78, 5) is 0. The largest absolute Gasteiger partial charge is 0.155 e. The zero-order valence-electron chi connectivity index (χ0n) is 35.6. The molecule has 0 spiro atoms. The fourth-order valence-electron chi connectivity index (χ4n) is 19.9. The molecule has 2 saturated heterocycles. The molecule has 0 aromatic rings. The Hall–Kier alpha value is 0.917. The maximum absolute atomic E-state index is 3.05. The molecule has 3 heteroatoms. The summed E-state index contributed by atoms with van der Waals surface area (Å²) in [5.41, 5.74) is 2.16. The van der Waals surface area contributed by atoms with E-state index < -0.39 is 8.07 Å². The third kappa shape index (κ3) is 6.19. The molecule has 2 aliphatic heterocycles. The Kier molecular flexibility index (Phi) is 10.9. The first-order valence-corrected chi connectivity index (χ1v) is 30.1. The van der Waals surface area contributed by atoms with E-state index in [1.54, 1.807) is 128 Å². The second kappa shape index (κ2) is 15.2. The molecule has 0 radical (unpaired) electrons. The van der Waals surface area contributed by atoms with Crippen molar-refractivity contribution in [2.75, 3.05) is 0 Å². The fraction of sp³-hybridized carbons (Fsp3) is 1.00. The number of rotatable bonds is 6.